The molecule has 0 saturated carbocycles. The van der Waals surface area contributed by atoms with Gasteiger partial charge >= 0.3 is 5.97 Å². The minimum Gasteiger partial charge on any atom is -0.493 e. The summed E-state index contributed by atoms with van der Waals surface area (Å²) in [5, 5.41) is 6.19. The van der Waals surface area contributed by atoms with Gasteiger partial charge in [0.25, 0.3) is 5.91 Å². The molecule has 2 atom stereocenters. The zero-order valence-corrected chi connectivity index (χ0v) is 25.8. The van der Waals surface area contributed by atoms with E-state index in [-0.39, 0.29) is 25.2 Å². The summed E-state index contributed by atoms with van der Waals surface area (Å²) in [6.45, 7) is 1.36. The summed E-state index contributed by atoms with van der Waals surface area (Å²) in [5.74, 6) is -1.38. The molecule has 3 amide bonds. The van der Waals surface area contributed by atoms with Crippen LogP contribution in [0.1, 0.15) is 49.7 Å². The zero-order chi connectivity index (χ0) is 31.3. The maximum atomic E-state index is 13.7. The largest absolute Gasteiger partial charge is 0.493 e. The van der Waals surface area contributed by atoms with Crippen molar-refractivity contribution in [2.24, 2.45) is 0 Å². The van der Waals surface area contributed by atoms with Crippen LogP contribution in [0.15, 0.2) is 83.1 Å². The molecule has 0 radical (unpaired) electrons. The molecule has 2 aromatic rings. The van der Waals surface area contributed by atoms with Gasteiger partial charge in [0.05, 0.1) is 19.3 Å². The number of nitrogens with one attached hydrogen (secondary N) is 2. The van der Waals surface area contributed by atoms with Crippen molar-refractivity contribution >= 4 is 35.3 Å². The number of allylic oxidation sites excluding steroid dienone is 2. The predicted molar refractivity (Wildman–Crippen MR) is 167 cm³/mol. The summed E-state index contributed by atoms with van der Waals surface area (Å²) < 4.78 is 11.0. The van der Waals surface area contributed by atoms with Crippen molar-refractivity contribution in [2.45, 2.75) is 63.5 Å². The van der Waals surface area contributed by atoms with Gasteiger partial charge in [-0.2, -0.15) is 0 Å². The second-order valence-electron chi connectivity index (χ2n) is 10.9. The van der Waals surface area contributed by atoms with Gasteiger partial charge in [-0.1, -0.05) is 72.3 Å². The Morgan fingerprint density at radius 3 is 2.36 bits per heavy atom. The summed E-state index contributed by atoms with van der Waals surface area (Å²) in [4.78, 5) is 55.2. The lowest BCUT2D eigenvalue weighted by Crippen LogP contribution is -2.53. The topological polar surface area (TPSA) is 114 Å². The number of carbonyl (C=O) groups is 4. The van der Waals surface area contributed by atoms with Crippen molar-refractivity contribution in [1.82, 2.24) is 15.5 Å². The quantitative estimate of drug-likeness (QED) is 0.468. The molecule has 2 aliphatic rings. The first kappa shape index (κ1) is 32.8. The third-order valence-electron chi connectivity index (χ3n) is 7.77. The van der Waals surface area contributed by atoms with Crippen LogP contribution in [0.25, 0.3) is 0 Å². The van der Waals surface area contributed by atoms with Crippen molar-refractivity contribution in [2.75, 3.05) is 26.8 Å². The predicted octanol–water partition coefficient (Wildman–Crippen LogP) is 4.20. The number of carbonyl (C=O) groups excluding carboxylic acids is 4. The molecule has 1 aliphatic carbocycles. The minimum atomic E-state index is -1.06. The van der Waals surface area contributed by atoms with Crippen LogP contribution in [-0.2, 0) is 41.5 Å². The summed E-state index contributed by atoms with van der Waals surface area (Å²) >= 11 is 6.32. The van der Waals surface area contributed by atoms with E-state index in [1.54, 1.807) is 11.0 Å². The van der Waals surface area contributed by atoms with Gasteiger partial charge in [-0.3, -0.25) is 14.4 Å². The first-order valence-corrected chi connectivity index (χ1v) is 15.5. The number of benzene rings is 2. The number of amides is 3. The number of rotatable bonds is 6. The number of methoxy groups -OCH3 is 1. The summed E-state index contributed by atoms with van der Waals surface area (Å²) in [5.41, 5.74) is 2.36. The molecule has 10 heteroatoms. The van der Waals surface area contributed by atoms with Crippen LogP contribution in [0, 0.1) is 0 Å². The first-order valence-electron chi connectivity index (χ1n) is 15.1. The molecule has 234 valence electrons. The van der Waals surface area contributed by atoms with Gasteiger partial charge in [0.2, 0.25) is 11.8 Å². The third kappa shape index (κ3) is 9.71. The molecule has 0 bridgehead atoms. The number of esters is 1. The Kier molecular flexibility index (Phi) is 12.4. The summed E-state index contributed by atoms with van der Waals surface area (Å²) in [6.07, 6.45) is 4.82. The van der Waals surface area contributed by atoms with Crippen LogP contribution < -0.4 is 10.6 Å². The number of halogens is 1. The Hall–Kier alpha value is -4.11. The molecule has 0 fully saturated rings. The highest BCUT2D eigenvalue weighted by molar-refractivity contribution is 6.30. The lowest BCUT2D eigenvalue weighted by atomic mass is 10.00. The Morgan fingerprint density at radius 2 is 1.66 bits per heavy atom. The number of nitrogens with zero attached hydrogens (tertiary/aromatic N) is 1. The zero-order valence-electron chi connectivity index (χ0n) is 25.1. The van der Waals surface area contributed by atoms with E-state index in [0.29, 0.717) is 68.2 Å². The molecule has 1 aliphatic heterocycles. The van der Waals surface area contributed by atoms with E-state index < -0.39 is 29.9 Å². The second kappa shape index (κ2) is 16.7. The highest BCUT2D eigenvalue weighted by atomic mass is 35.5. The van der Waals surface area contributed by atoms with Gasteiger partial charge in [0, 0.05) is 31.0 Å². The highest BCUT2D eigenvalue weighted by Crippen LogP contribution is 2.27. The molecule has 2 N–H and O–H groups in total. The van der Waals surface area contributed by atoms with E-state index in [1.807, 2.05) is 60.7 Å². The van der Waals surface area contributed by atoms with Crippen molar-refractivity contribution in [1.29, 1.82) is 0 Å². The molecule has 0 aromatic heterocycles. The fourth-order valence-electron chi connectivity index (χ4n) is 5.27. The molecular weight excluding hydrogens is 582 g/mol. The Balaban J connectivity index is 1.60. The van der Waals surface area contributed by atoms with Gasteiger partial charge in [0.15, 0.2) is 0 Å². The van der Waals surface area contributed by atoms with E-state index in [4.69, 9.17) is 21.1 Å². The summed E-state index contributed by atoms with van der Waals surface area (Å²) in [7, 11) is 1.24. The first-order chi connectivity index (χ1) is 21.3. The van der Waals surface area contributed by atoms with Crippen molar-refractivity contribution in [3.05, 3.63) is 94.2 Å². The van der Waals surface area contributed by atoms with Crippen molar-refractivity contribution in [3.8, 4) is 0 Å². The molecule has 1 heterocycles. The van der Waals surface area contributed by atoms with Gasteiger partial charge in [0.1, 0.15) is 17.8 Å². The second-order valence-corrected chi connectivity index (χ2v) is 11.4. The van der Waals surface area contributed by atoms with E-state index in [1.165, 1.54) is 7.11 Å². The van der Waals surface area contributed by atoms with Crippen LogP contribution in [0.3, 0.4) is 0 Å². The van der Waals surface area contributed by atoms with E-state index in [2.05, 4.69) is 10.6 Å². The number of hydrogen-bond acceptors (Lipinski definition) is 6. The molecule has 0 saturated heterocycles. The fraction of sp³-hybridized carbons (Fsp3) is 0.412. The van der Waals surface area contributed by atoms with Gasteiger partial charge in [-0.15, -0.1) is 0 Å². The Morgan fingerprint density at radius 1 is 0.955 bits per heavy atom. The molecular formula is C34H40ClN3O6. The van der Waals surface area contributed by atoms with Crippen LogP contribution >= 0.6 is 11.6 Å². The van der Waals surface area contributed by atoms with Crippen LogP contribution in [0.5, 0.6) is 0 Å². The lowest BCUT2D eigenvalue weighted by molar-refractivity contribution is -0.146. The molecule has 4 rings (SSSR count). The van der Waals surface area contributed by atoms with Gasteiger partial charge < -0.3 is 25.0 Å². The number of hydrogen-bond donors (Lipinski definition) is 2. The van der Waals surface area contributed by atoms with Gasteiger partial charge in [-0.25, -0.2) is 4.79 Å². The van der Waals surface area contributed by atoms with Crippen LogP contribution in [0.2, 0.25) is 0 Å². The highest BCUT2D eigenvalue weighted by Gasteiger charge is 2.30. The molecule has 9 nitrogen and oxygen atoms in total. The third-order valence-corrected chi connectivity index (χ3v) is 8.07. The monoisotopic (exact) mass is 621 g/mol. The maximum absolute atomic E-state index is 13.7. The molecule has 0 unspecified atom stereocenters. The van der Waals surface area contributed by atoms with E-state index in [9.17, 15) is 19.2 Å². The van der Waals surface area contributed by atoms with E-state index in [0.717, 1.165) is 11.1 Å². The average molecular weight is 622 g/mol. The summed E-state index contributed by atoms with van der Waals surface area (Å²) in [6, 6.07) is 17.2. The molecule has 44 heavy (non-hydrogen) atoms. The Bertz CT molecular complexity index is 1360. The number of ether oxygens (including phenoxy) is 2. The molecule has 0 spiro atoms. The fourth-order valence-corrected chi connectivity index (χ4v) is 5.47. The average Bonchev–Trinajstić information content (AvgIpc) is 3.04. The van der Waals surface area contributed by atoms with Gasteiger partial charge in [-0.05, 0) is 55.7 Å². The van der Waals surface area contributed by atoms with Crippen LogP contribution in [0.4, 0.5) is 0 Å². The van der Waals surface area contributed by atoms with Crippen LogP contribution in [-0.4, -0.2) is 67.5 Å². The van der Waals surface area contributed by atoms with Crippen molar-refractivity contribution in [3.63, 3.8) is 0 Å². The Labute approximate surface area is 263 Å². The lowest BCUT2D eigenvalue weighted by Gasteiger charge is -2.25. The molecule has 2 aromatic carbocycles. The smallest absolute Gasteiger partial charge is 0.328 e. The van der Waals surface area contributed by atoms with E-state index >= 15 is 0 Å². The standard InChI is InChI=1S/C34H40ClN3O6/c1-43-34(42)28-16-17-31(39)38(20-18-24-10-4-2-5-11-24)19-8-9-21-44-30-23-26(35)14-15-27(30)32(40)37-29(33(41)36-28)22-25-12-6-3-7-13-25/h2-7,10-13,23,28-29H,8-9,14-22H2,1H3,(H,36,41)(H,37,40)/t28-,29+/m0/s1. The van der Waals surface area contributed by atoms with Crippen molar-refractivity contribution < 1.29 is 28.7 Å². The minimum absolute atomic E-state index is 0.0419. The normalized spacial score (nSPS) is 20.8. The maximum Gasteiger partial charge on any atom is 0.328 e. The SMILES string of the molecule is COC(=O)[C@@H]1CCC(=O)N(CCc2ccccc2)CCCCOC2=C(CCC(Cl)=C2)C(=O)N[C@H](Cc2ccccc2)C(=O)N1.